The minimum Gasteiger partial charge on any atom is -0.396 e. The van der Waals surface area contributed by atoms with E-state index in [1.165, 1.54) is 0 Å². The highest BCUT2D eigenvalue weighted by atomic mass is 35.5. The van der Waals surface area contributed by atoms with Crippen LogP contribution in [-0.4, -0.2) is 35.3 Å². The van der Waals surface area contributed by atoms with Crippen molar-refractivity contribution in [3.8, 4) is 0 Å². The Bertz CT molecular complexity index is 374. The van der Waals surface area contributed by atoms with Crippen molar-refractivity contribution >= 4 is 23.4 Å². The molecule has 0 amide bonds. The highest BCUT2D eigenvalue weighted by Gasteiger charge is 2.25. The Morgan fingerprint density at radius 3 is 2.56 bits per heavy atom. The second-order valence-electron chi connectivity index (χ2n) is 4.36. The van der Waals surface area contributed by atoms with Gasteiger partial charge in [0.25, 0.3) is 0 Å². The van der Waals surface area contributed by atoms with E-state index in [4.69, 9.17) is 11.6 Å². The van der Waals surface area contributed by atoms with E-state index in [1.54, 1.807) is 13.2 Å². The fourth-order valence-electron chi connectivity index (χ4n) is 1.66. The molecule has 1 aromatic rings. The molecule has 0 saturated heterocycles. The van der Waals surface area contributed by atoms with Gasteiger partial charge in [-0.3, -0.25) is 0 Å². The number of halogens is 1. The van der Waals surface area contributed by atoms with Gasteiger partial charge in [-0.2, -0.15) is 4.98 Å². The van der Waals surface area contributed by atoms with E-state index in [2.05, 4.69) is 34.4 Å². The van der Waals surface area contributed by atoms with Crippen molar-refractivity contribution in [1.82, 2.24) is 9.97 Å². The molecule has 3 N–H and O–H groups in total. The van der Waals surface area contributed by atoms with Crippen molar-refractivity contribution in [1.29, 1.82) is 0 Å². The Hall–Kier alpha value is -1.07. The quantitative estimate of drug-likeness (QED) is 0.711. The molecular weight excluding hydrogens is 252 g/mol. The summed E-state index contributed by atoms with van der Waals surface area (Å²) in [4.78, 5) is 8.27. The fraction of sp³-hybridized carbons (Fsp3) is 0.667. The van der Waals surface area contributed by atoms with Crippen molar-refractivity contribution in [2.45, 2.75) is 26.7 Å². The van der Waals surface area contributed by atoms with Gasteiger partial charge in [-0.25, -0.2) is 4.98 Å². The van der Waals surface area contributed by atoms with Gasteiger partial charge in [0.05, 0.1) is 12.8 Å². The monoisotopic (exact) mass is 272 g/mol. The summed E-state index contributed by atoms with van der Waals surface area (Å²) < 4.78 is 0. The van der Waals surface area contributed by atoms with E-state index in [9.17, 15) is 5.11 Å². The van der Waals surface area contributed by atoms with E-state index in [1.807, 2.05) is 0 Å². The third-order valence-corrected chi connectivity index (χ3v) is 3.71. The SMILES string of the molecule is CCC(CC)(CO)CNc1nc(NC)ncc1Cl. The number of nitrogens with zero attached hydrogens (tertiary/aromatic N) is 2. The molecule has 0 saturated carbocycles. The standard InChI is InChI=1S/C12H21ClN4O/c1-4-12(5-2,8-18)7-16-10-9(13)6-15-11(14-3)17-10/h6,18H,4-5,7-8H2,1-3H3,(H2,14,15,16,17). The van der Waals surface area contributed by atoms with Crippen LogP contribution in [0.25, 0.3) is 0 Å². The van der Waals surface area contributed by atoms with Crippen LogP contribution in [0.5, 0.6) is 0 Å². The van der Waals surface area contributed by atoms with Crippen LogP contribution in [0.3, 0.4) is 0 Å². The van der Waals surface area contributed by atoms with Crippen LogP contribution in [0.1, 0.15) is 26.7 Å². The lowest BCUT2D eigenvalue weighted by Gasteiger charge is -2.29. The summed E-state index contributed by atoms with van der Waals surface area (Å²) in [6.07, 6.45) is 3.35. The molecular formula is C12H21ClN4O. The van der Waals surface area contributed by atoms with Gasteiger partial charge in [0.2, 0.25) is 5.95 Å². The minimum atomic E-state index is -0.131. The van der Waals surface area contributed by atoms with Crippen LogP contribution in [0, 0.1) is 5.41 Å². The molecule has 0 aliphatic rings. The van der Waals surface area contributed by atoms with Crippen molar-refractivity contribution in [2.75, 3.05) is 30.8 Å². The topological polar surface area (TPSA) is 70.1 Å². The molecule has 5 nitrogen and oxygen atoms in total. The summed E-state index contributed by atoms with van der Waals surface area (Å²) in [7, 11) is 1.75. The predicted molar refractivity (Wildman–Crippen MR) is 75.2 cm³/mol. The first-order valence-electron chi connectivity index (χ1n) is 6.15. The largest absolute Gasteiger partial charge is 0.396 e. The second-order valence-corrected chi connectivity index (χ2v) is 4.77. The Balaban J connectivity index is 2.78. The van der Waals surface area contributed by atoms with Crippen molar-refractivity contribution < 1.29 is 5.11 Å². The molecule has 0 bridgehead atoms. The van der Waals surface area contributed by atoms with Crippen LogP contribution in [-0.2, 0) is 0 Å². The first kappa shape index (κ1) is 15.0. The van der Waals surface area contributed by atoms with Crippen LogP contribution in [0.2, 0.25) is 5.02 Å². The molecule has 0 spiro atoms. The van der Waals surface area contributed by atoms with E-state index < -0.39 is 0 Å². The maximum Gasteiger partial charge on any atom is 0.224 e. The number of aliphatic hydroxyl groups excluding tert-OH is 1. The van der Waals surface area contributed by atoms with Crippen LogP contribution in [0.4, 0.5) is 11.8 Å². The number of hydrogen-bond donors (Lipinski definition) is 3. The molecule has 1 heterocycles. The summed E-state index contributed by atoms with van der Waals surface area (Å²) in [6, 6.07) is 0. The average molecular weight is 273 g/mol. The number of anilines is 2. The molecule has 6 heteroatoms. The van der Waals surface area contributed by atoms with Crippen LogP contribution >= 0.6 is 11.6 Å². The lowest BCUT2D eigenvalue weighted by Crippen LogP contribution is -2.32. The fourth-order valence-corrected chi connectivity index (χ4v) is 1.82. The zero-order valence-corrected chi connectivity index (χ0v) is 11.9. The van der Waals surface area contributed by atoms with Crippen LogP contribution < -0.4 is 10.6 Å². The lowest BCUT2D eigenvalue weighted by molar-refractivity contribution is 0.127. The molecule has 0 atom stereocenters. The molecule has 0 aliphatic carbocycles. The van der Waals surface area contributed by atoms with Crippen LogP contribution in [0.15, 0.2) is 6.20 Å². The smallest absolute Gasteiger partial charge is 0.224 e. The molecule has 0 fully saturated rings. The number of hydrogen-bond acceptors (Lipinski definition) is 5. The summed E-state index contributed by atoms with van der Waals surface area (Å²) in [5, 5.41) is 16.0. The minimum absolute atomic E-state index is 0.131. The zero-order chi connectivity index (χ0) is 13.6. The third kappa shape index (κ3) is 3.46. The summed E-state index contributed by atoms with van der Waals surface area (Å²) in [5.74, 6) is 1.11. The number of aliphatic hydroxyl groups is 1. The lowest BCUT2D eigenvalue weighted by atomic mass is 9.83. The number of nitrogens with one attached hydrogen (secondary N) is 2. The maximum absolute atomic E-state index is 9.51. The van der Waals surface area contributed by atoms with E-state index in [0.29, 0.717) is 23.3 Å². The Kier molecular flexibility index (Phi) is 5.62. The second kappa shape index (κ2) is 6.75. The Morgan fingerprint density at radius 2 is 2.06 bits per heavy atom. The summed E-state index contributed by atoms with van der Waals surface area (Å²) >= 11 is 6.03. The van der Waals surface area contributed by atoms with Gasteiger partial charge in [-0.05, 0) is 12.8 Å². The maximum atomic E-state index is 9.51. The molecule has 1 rings (SSSR count). The van der Waals surface area contributed by atoms with Gasteiger partial charge >= 0.3 is 0 Å². The zero-order valence-electron chi connectivity index (χ0n) is 11.1. The molecule has 102 valence electrons. The van der Waals surface area contributed by atoms with Gasteiger partial charge in [0.1, 0.15) is 5.02 Å². The Labute approximate surface area is 113 Å². The highest BCUT2D eigenvalue weighted by Crippen LogP contribution is 2.27. The number of aromatic nitrogens is 2. The summed E-state index contributed by atoms with van der Waals surface area (Å²) in [6.45, 7) is 4.93. The van der Waals surface area contributed by atoms with Crippen molar-refractivity contribution in [3.05, 3.63) is 11.2 Å². The van der Waals surface area contributed by atoms with E-state index in [-0.39, 0.29) is 12.0 Å². The van der Waals surface area contributed by atoms with E-state index in [0.717, 1.165) is 12.8 Å². The Morgan fingerprint density at radius 1 is 1.39 bits per heavy atom. The molecule has 1 aromatic heterocycles. The van der Waals surface area contributed by atoms with Gasteiger partial charge in [-0.1, -0.05) is 25.4 Å². The van der Waals surface area contributed by atoms with Gasteiger partial charge < -0.3 is 15.7 Å². The number of rotatable bonds is 7. The predicted octanol–water partition coefficient (Wildman–Crippen LogP) is 2.38. The molecule has 18 heavy (non-hydrogen) atoms. The van der Waals surface area contributed by atoms with Gasteiger partial charge in [-0.15, -0.1) is 0 Å². The molecule has 0 aliphatic heterocycles. The first-order valence-corrected chi connectivity index (χ1v) is 6.53. The van der Waals surface area contributed by atoms with Crippen molar-refractivity contribution in [3.63, 3.8) is 0 Å². The summed E-state index contributed by atoms with van der Waals surface area (Å²) in [5.41, 5.74) is -0.131. The van der Waals surface area contributed by atoms with Gasteiger partial charge in [0, 0.05) is 19.0 Å². The molecule has 0 unspecified atom stereocenters. The van der Waals surface area contributed by atoms with E-state index >= 15 is 0 Å². The average Bonchev–Trinajstić information content (AvgIpc) is 2.42. The van der Waals surface area contributed by atoms with Gasteiger partial charge in [0.15, 0.2) is 5.82 Å². The molecule has 0 aromatic carbocycles. The van der Waals surface area contributed by atoms with Crippen molar-refractivity contribution in [2.24, 2.45) is 5.41 Å². The normalized spacial score (nSPS) is 11.4. The third-order valence-electron chi connectivity index (χ3n) is 3.43. The molecule has 0 radical (unpaired) electrons. The first-order chi connectivity index (χ1) is 8.60. The highest BCUT2D eigenvalue weighted by molar-refractivity contribution is 6.32.